The highest BCUT2D eigenvalue weighted by Gasteiger charge is 2.21. The fourth-order valence-corrected chi connectivity index (χ4v) is 3.10. The molecule has 0 radical (unpaired) electrons. The van der Waals surface area contributed by atoms with Crippen LogP contribution in [0.2, 0.25) is 0 Å². The fourth-order valence-electron chi connectivity index (χ4n) is 2.71. The van der Waals surface area contributed by atoms with E-state index >= 15 is 0 Å². The van der Waals surface area contributed by atoms with Crippen LogP contribution in [0.4, 0.5) is 5.69 Å². The number of halogens is 1. The predicted molar refractivity (Wildman–Crippen MR) is 82.8 cm³/mol. The minimum Gasteiger partial charge on any atom is -0.305 e. The van der Waals surface area contributed by atoms with E-state index < -0.39 is 0 Å². The quantitative estimate of drug-likeness (QED) is 0.624. The molecular formula is C14H20BrN3O2. The molecule has 1 fully saturated rings. The average molecular weight is 342 g/mol. The second-order valence-corrected chi connectivity index (χ2v) is 6.37. The summed E-state index contributed by atoms with van der Waals surface area (Å²) in [7, 11) is 4.24. The van der Waals surface area contributed by atoms with Gasteiger partial charge in [-0.3, -0.25) is 15.0 Å². The molecule has 0 amide bonds. The van der Waals surface area contributed by atoms with Crippen molar-refractivity contribution in [3.63, 3.8) is 0 Å². The maximum Gasteiger partial charge on any atom is 0.283 e. The van der Waals surface area contributed by atoms with Gasteiger partial charge in [-0.25, -0.2) is 0 Å². The van der Waals surface area contributed by atoms with E-state index in [9.17, 15) is 10.1 Å². The molecule has 1 aliphatic rings. The lowest BCUT2D eigenvalue weighted by atomic mass is 10.0. The topological polar surface area (TPSA) is 49.6 Å². The number of benzene rings is 1. The number of likely N-dealkylation sites (N-methyl/N-ethyl adjacent to an activating group) is 2. The number of nitrogens with zero attached hydrogens (tertiary/aromatic N) is 3. The lowest BCUT2D eigenvalue weighted by Gasteiger charge is -2.35. The van der Waals surface area contributed by atoms with E-state index in [4.69, 9.17) is 0 Å². The molecule has 1 aromatic rings. The van der Waals surface area contributed by atoms with E-state index in [2.05, 4.69) is 39.8 Å². The monoisotopic (exact) mass is 341 g/mol. The van der Waals surface area contributed by atoms with E-state index in [0.29, 0.717) is 10.5 Å². The molecule has 1 saturated heterocycles. The van der Waals surface area contributed by atoms with E-state index in [1.807, 2.05) is 6.07 Å². The number of hydrogen-bond donors (Lipinski definition) is 0. The van der Waals surface area contributed by atoms with Gasteiger partial charge in [0.15, 0.2) is 0 Å². The van der Waals surface area contributed by atoms with Crippen molar-refractivity contribution in [1.82, 2.24) is 9.80 Å². The Kier molecular flexibility index (Phi) is 5.12. The van der Waals surface area contributed by atoms with Crippen molar-refractivity contribution in [2.75, 3.05) is 27.2 Å². The van der Waals surface area contributed by atoms with Crippen LogP contribution in [0.5, 0.6) is 0 Å². The van der Waals surface area contributed by atoms with Crippen LogP contribution in [0.25, 0.3) is 0 Å². The Labute approximate surface area is 127 Å². The fraction of sp³-hybridized carbons (Fsp3) is 0.571. The van der Waals surface area contributed by atoms with Gasteiger partial charge >= 0.3 is 0 Å². The van der Waals surface area contributed by atoms with Crippen molar-refractivity contribution in [1.29, 1.82) is 0 Å². The Balaban J connectivity index is 2.05. The molecule has 0 aromatic heterocycles. The smallest absolute Gasteiger partial charge is 0.283 e. The molecule has 0 bridgehead atoms. The summed E-state index contributed by atoms with van der Waals surface area (Å²) in [6.07, 6.45) is 2.41. The zero-order valence-electron chi connectivity index (χ0n) is 11.9. The molecule has 1 unspecified atom stereocenters. The number of nitro benzene ring substituents is 1. The third-order valence-electron chi connectivity index (χ3n) is 3.86. The van der Waals surface area contributed by atoms with Crippen molar-refractivity contribution < 1.29 is 4.92 Å². The molecule has 6 heteroatoms. The molecule has 5 nitrogen and oxygen atoms in total. The van der Waals surface area contributed by atoms with Gasteiger partial charge < -0.3 is 4.90 Å². The standard InChI is InChI=1S/C14H20BrN3O2/c1-16-7-3-4-12(10-16)17(2)9-11-5-6-13(15)14(8-11)18(19)20/h5-6,8,12H,3-4,7,9-10H2,1-2H3. The molecule has 20 heavy (non-hydrogen) atoms. The molecule has 2 rings (SSSR count). The summed E-state index contributed by atoms with van der Waals surface area (Å²) >= 11 is 3.22. The molecule has 0 saturated carbocycles. The van der Waals surface area contributed by atoms with Crippen molar-refractivity contribution in [3.05, 3.63) is 38.3 Å². The predicted octanol–water partition coefficient (Wildman–Crippen LogP) is 2.88. The van der Waals surface area contributed by atoms with Crippen molar-refractivity contribution in [3.8, 4) is 0 Å². The Morgan fingerprint density at radius 2 is 2.30 bits per heavy atom. The number of rotatable bonds is 4. The van der Waals surface area contributed by atoms with Crippen LogP contribution < -0.4 is 0 Å². The number of piperidine rings is 1. The van der Waals surface area contributed by atoms with Crippen LogP contribution in [-0.4, -0.2) is 47.9 Å². The van der Waals surface area contributed by atoms with Gasteiger partial charge in [-0.1, -0.05) is 6.07 Å². The summed E-state index contributed by atoms with van der Waals surface area (Å²) in [6.45, 7) is 2.97. The van der Waals surface area contributed by atoms with E-state index in [-0.39, 0.29) is 10.6 Å². The van der Waals surface area contributed by atoms with Gasteiger partial charge in [-0.2, -0.15) is 0 Å². The summed E-state index contributed by atoms with van der Waals surface area (Å²) < 4.78 is 0.534. The summed E-state index contributed by atoms with van der Waals surface area (Å²) in [5.74, 6) is 0. The third kappa shape index (κ3) is 3.77. The van der Waals surface area contributed by atoms with Gasteiger partial charge in [-0.05, 0) is 61.0 Å². The van der Waals surface area contributed by atoms with Gasteiger partial charge in [-0.15, -0.1) is 0 Å². The summed E-state index contributed by atoms with van der Waals surface area (Å²) in [6, 6.07) is 5.89. The largest absolute Gasteiger partial charge is 0.305 e. The third-order valence-corrected chi connectivity index (χ3v) is 4.53. The molecule has 0 N–H and O–H groups in total. The maximum atomic E-state index is 11.0. The first kappa shape index (κ1) is 15.4. The molecule has 0 spiro atoms. The van der Waals surface area contributed by atoms with E-state index in [1.165, 1.54) is 12.8 Å². The van der Waals surface area contributed by atoms with Gasteiger partial charge in [0.25, 0.3) is 5.69 Å². The number of nitro groups is 1. The van der Waals surface area contributed by atoms with Crippen molar-refractivity contribution in [2.45, 2.75) is 25.4 Å². The second kappa shape index (κ2) is 6.65. The zero-order chi connectivity index (χ0) is 14.7. The first-order valence-electron chi connectivity index (χ1n) is 6.79. The van der Waals surface area contributed by atoms with E-state index in [0.717, 1.165) is 25.2 Å². The first-order valence-corrected chi connectivity index (χ1v) is 7.58. The molecule has 0 aliphatic carbocycles. The Bertz CT molecular complexity index is 495. The number of likely N-dealkylation sites (tertiary alicyclic amines) is 1. The molecule has 1 aromatic carbocycles. The average Bonchev–Trinajstić information content (AvgIpc) is 2.40. The summed E-state index contributed by atoms with van der Waals surface area (Å²) in [4.78, 5) is 15.3. The lowest BCUT2D eigenvalue weighted by molar-refractivity contribution is -0.385. The highest BCUT2D eigenvalue weighted by Crippen LogP contribution is 2.26. The molecular weight excluding hydrogens is 322 g/mol. The van der Waals surface area contributed by atoms with Crippen LogP contribution in [0.1, 0.15) is 18.4 Å². The maximum absolute atomic E-state index is 11.0. The first-order chi connectivity index (χ1) is 9.47. The molecule has 1 heterocycles. The van der Waals surface area contributed by atoms with Gasteiger partial charge in [0, 0.05) is 25.2 Å². The van der Waals surface area contributed by atoms with Gasteiger partial charge in [0.1, 0.15) is 0 Å². The summed E-state index contributed by atoms with van der Waals surface area (Å²) in [5.41, 5.74) is 1.12. The van der Waals surface area contributed by atoms with Crippen molar-refractivity contribution in [2.24, 2.45) is 0 Å². The molecule has 110 valence electrons. The highest BCUT2D eigenvalue weighted by atomic mass is 79.9. The second-order valence-electron chi connectivity index (χ2n) is 5.52. The van der Waals surface area contributed by atoms with Crippen LogP contribution in [-0.2, 0) is 6.54 Å². The molecule has 1 atom stereocenters. The minimum absolute atomic E-state index is 0.136. The molecule has 1 aliphatic heterocycles. The van der Waals surface area contributed by atoms with Gasteiger partial charge in [0.2, 0.25) is 0 Å². The van der Waals surface area contributed by atoms with E-state index in [1.54, 1.807) is 12.1 Å². The van der Waals surface area contributed by atoms with Crippen LogP contribution in [0.15, 0.2) is 22.7 Å². The van der Waals surface area contributed by atoms with Crippen LogP contribution in [0.3, 0.4) is 0 Å². The summed E-state index contributed by atoms with van der Waals surface area (Å²) in [5, 5.41) is 11.0. The van der Waals surface area contributed by atoms with Crippen LogP contribution in [0, 0.1) is 10.1 Å². The Morgan fingerprint density at radius 3 is 2.95 bits per heavy atom. The van der Waals surface area contributed by atoms with Crippen molar-refractivity contribution >= 4 is 21.6 Å². The minimum atomic E-state index is -0.345. The Morgan fingerprint density at radius 1 is 1.55 bits per heavy atom. The highest BCUT2D eigenvalue weighted by molar-refractivity contribution is 9.10. The van der Waals surface area contributed by atoms with Gasteiger partial charge in [0.05, 0.1) is 9.40 Å². The zero-order valence-corrected chi connectivity index (χ0v) is 13.5. The Hall–Kier alpha value is -0.980. The lowest BCUT2D eigenvalue weighted by Crippen LogP contribution is -2.44. The number of hydrogen-bond acceptors (Lipinski definition) is 4. The SMILES string of the molecule is CN1CCCC(N(C)Cc2ccc(Br)c([N+](=O)[O-])c2)C1. The normalized spacial score (nSPS) is 20.3. The van der Waals surface area contributed by atoms with Crippen LogP contribution >= 0.6 is 15.9 Å².